The van der Waals surface area contributed by atoms with Crippen molar-refractivity contribution in [3.05, 3.63) is 96.1 Å². The number of carbonyl (C=O) groups is 2. The standard InChI is InChI=1S/C31H39N3O4S/c1-5-25(4)32-31(36)29(6-2)33(22-21-26-13-9-7-10-14-26)30(35)23-34(27-19-17-24(3)18-20-27)39(37,38)28-15-11-8-12-16-28/h7-20,25,29H,5-6,21-23H2,1-4H3,(H,32,36)/t25-,29+/m0/s1. The molecule has 8 heteroatoms. The Morgan fingerprint density at radius 1 is 0.846 bits per heavy atom. The number of benzene rings is 3. The molecule has 7 nitrogen and oxygen atoms in total. The fourth-order valence-electron chi connectivity index (χ4n) is 4.30. The lowest BCUT2D eigenvalue weighted by Crippen LogP contribution is -2.54. The Hall–Kier alpha value is -3.65. The summed E-state index contributed by atoms with van der Waals surface area (Å²) in [7, 11) is -4.05. The Bertz CT molecular complexity index is 1310. The Morgan fingerprint density at radius 2 is 1.44 bits per heavy atom. The maximum Gasteiger partial charge on any atom is 0.264 e. The molecule has 0 saturated heterocycles. The van der Waals surface area contributed by atoms with Gasteiger partial charge in [0.2, 0.25) is 11.8 Å². The first-order valence-corrected chi connectivity index (χ1v) is 14.9. The van der Waals surface area contributed by atoms with Gasteiger partial charge >= 0.3 is 0 Å². The van der Waals surface area contributed by atoms with Crippen LogP contribution in [0.5, 0.6) is 0 Å². The van der Waals surface area contributed by atoms with Crippen LogP contribution in [0.15, 0.2) is 89.8 Å². The second-order valence-electron chi connectivity index (χ2n) is 9.72. The Kier molecular flexibility index (Phi) is 10.7. The molecule has 0 aliphatic heterocycles. The van der Waals surface area contributed by atoms with E-state index in [4.69, 9.17) is 0 Å². The zero-order valence-electron chi connectivity index (χ0n) is 23.2. The van der Waals surface area contributed by atoms with Gasteiger partial charge < -0.3 is 10.2 Å². The monoisotopic (exact) mass is 549 g/mol. The number of nitrogens with one attached hydrogen (secondary N) is 1. The number of amides is 2. The molecule has 0 heterocycles. The van der Waals surface area contributed by atoms with Gasteiger partial charge in [-0.25, -0.2) is 8.42 Å². The van der Waals surface area contributed by atoms with E-state index in [-0.39, 0.29) is 23.4 Å². The summed E-state index contributed by atoms with van der Waals surface area (Å²) in [5, 5.41) is 3.00. The second-order valence-corrected chi connectivity index (χ2v) is 11.6. The van der Waals surface area contributed by atoms with Crippen molar-refractivity contribution in [3.8, 4) is 0 Å². The Labute approximate surface area is 232 Å². The number of carbonyl (C=O) groups excluding carboxylic acids is 2. The number of hydrogen-bond donors (Lipinski definition) is 1. The van der Waals surface area contributed by atoms with E-state index in [1.807, 2.05) is 70.2 Å². The normalized spacial score (nSPS) is 12.8. The molecule has 39 heavy (non-hydrogen) atoms. The number of aryl methyl sites for hydroxylation is 1. The third-order valence-electron chi connectivity index (χ3n) is 6.80. The molecule has 0 aliphatic rings. The number of rotatable bonds is 13. The molecule has 0 aromatic heterocycles. The third-order valence-corrected chi connectivity index (χ3v) is 8.59. The zero-order chi connectivity index (χ0) is 28.4. The molecule has 0 bridgehead atoms. The largest absolute Gasteiger partial charge is 0.352 e. The first-order chi connectivity index (χ1) is 18.7. The van der Waals surface area contributed by atoms with Gasteiger partial charge in [0, 0.05) is 12.6 Å². The molecule has 1 N–H and O–H groups in total. The number of nitrogens with zero attached hydrogens (tertiary/aromatic N) is 2. The molecular formula is C31H39N3O4S. The van der Waals surface area contributed by atoms with Crippen molar-refractivity contribution in [3.63, 3.8) is 0 Å². The minimum atomic E-state index is -4.05. The third kappa shape index (κ3) is 7.93. The highest BCUT2D eigenvalue weighted by molar-refractivity contribution is 7.92. The first kappa shape index (κ1) is 29.9. The molecule has 0 aliphatic carbocycles. The minimum Gasteiger partial charge on any atom is -0.352 e. The highest BCUT2D eigenvalue weighted by Gasteiger charge is 2.33. The van der Waals surface area contributed by atoms with Crippen LogP contribution in [-0.2, 0) is 26.0 Å². The van der Waals surface area contributed by atoms with Gasteiger partial charge in [-0.15, -0.1) is 0 Å². The summed E-state index contributed by atoms with van der Waals surface area (Å²) in [6.07, 6.45) is 1.70. The average molecular weight is 550 g/mol. The molecule has 0 radical (unpaired) electrons. The van der Waals surface area contributed by atoms with E-state index in [0.717, 1.165) is 21.9 Å². The Morgan fingerprint density at radius 3 is 2.00 bits per heavy atom. The van der Waals surface area contributed by atoms with Crippen molar-refractivity contribution >= 4 is 27.5 Å². The lowest BCUT2D eigenvalue weighted by atomic mass is 10.1. The van der Waals surface area contributed by atoms with Crippen molar-refractivity contribution < 1.29 is 18.0 Å². The zero-order valence-corrected chi connectivity index (χ0v) is 24.0. The predicted octanol–water partition coefficient (Wildman–Crippen LogP) is 4.95. The summed E-state index contributed by atoms with van der Waals surface area (Å²) in [6, 6.07) is 24.1. The maximum atomic E-state index is 14.0. The van der Waals surface area contributed by atoms with Gasteiger partial charge in [0.15, 0.2) is 0 Å². The van der Waals surface area contributed by atoms with Gasteiger partial charge in [0.1, 0.15) is 12.6 Å². The van der Waals surface area contributed by atoms with Crippen LogP contribution in [0, 0.1) is 6.92 Å². The molecule has 0 unspecified atom stereocenters. The van der Waals surface area contributed by atoms with Crippen LogP contribution in [0.3, 0.4) is 0 Å². The van der Waals surface area contributed by atoms with Crippen LogP contribution < -0.4 is 9.62 Å². The lowest BCUT2D eigenvalue weighted by Gasteiger charge is -2.33. The van der Waals surface area contributed by atoms with E-state index >= 15 is 0 Å². The molecule has 0 spiro atoms. The summed E-state index contributed by atoms with van der Waals surface area (Å²) in [4.78, 5) is 28.9. The molecule has 208 valence electrons. The van der Waals surface area contributed by atoms with Crippen LogP contribution in [-0.4, -0.2) is 50.3 Å². The molecule has 0 saturated carbocycles. The van der Waals surface area contributed by atoms with Crippen LogP contribution >= 0.6 is 0 Å². The van der Waals surface area contributed by atoms with Crippen molar-refractivity contribution in [2.24, 2.45) is 0 Å². The molecule has 2 amide bonds. The van der Waals surface area contributed by atoms with Crippen LogP contribution in [0.2, 0.25) is 0 Å². The van der Waals surface area contributed by atoms with Crippen LogP contribution in [0.25, 0.3) is 0 Å². The lowest BCUT2D eigenvalue weighted by molar-refractivity contribution is -0.139. The van der Waals surface area contributed by atoms with Gasteiger partial charge in [-0.05, 0) is 62.9 Å². The molecule has 2 atom stereocenters. The summed E-state index contributed by atoms with van der Waals surface area (Å²) < 4.78 is 28.7. The fourth-order valence-corrected chi connectivity index (χ4v) is 5.73. The second kappa shape index (κ2) is 13.9. The van der Waals surface area contributed by atoms with E-state index in [1.165, 1.54) is 17.0 Å². The summed E-state index contributed by atoms with van der Waals surface area (Å²) >= 11 is 0. The van der Waals surface area contributed by atoms with Crippen molar-refractivity contribution in [1.29, 1.82) is 0 Å². The average Bonchev–Trinajstić information content (AvgIpc) is 2.95. The molecule has 3 aromatic rings. The van der Waals surface area contributed by atoms with Gasteiger partial charge in [-0.1, -0.05) is 80.1 Å². The quantitative estimate of drug-likeness (QED) is 0.327. The van der Waals surface area contributed by atoms with Gasteiger partial charge in [0.25, 0.3) is 10.0 Å². The van der Waals surface area contributed by atoms with Gasteiger partial charge in [-0.2, -0.15) is 0 Å². The Balaban J connectivity index is 1.99. The van der Waals surface area contributed by atoms with E-state index in [2.05, 4.69) is 5.32 Å². The number of sulfonamides is 1. The summed E-state index contributed by atoms with van der Waals surface area (Å²) in [5.74, 6) is -0.668. The highest BCUT2D eigenvalue weighted by atomic mass is 32.2. The maximum absolute atomic E-state index is 14.0. The van der Waals surface area contributed by atoms with E-state index in [1.54, 1.807) is 30.3 Å². The highest BCUT2D eigenvalue weighted by Crippen LogP contribution is 2.25. The van der Waals surface area contributed by atoms with E-state index in [9.17, 15) is 18.0 Å². The molecule has 3 aromatic carbocycles. The van der Waals surface area contributed by atoms with E-state index in [0.29, 0.717) is 18.5 Å². The van der Waals surface area contributed by atoms with E-state index < -0.39 is 28.5 Å². The smallest absolute Gasteiger partial charge is 0.264 e. The van der Waals surface area contributed by atoms with Crippen LogP contribution in [0.1, 0.15) is 44.7 Å². The fraction of sp³-hybridized carbons (Fsp3) is 0.355. The molecular weight excluding hydrogens is 510 g/mol. The van der Waals surface area contributed by atoms with Crippen LogP contribution in [0.4, 0.5) is 5.69 Å². The molecule has 0 fully saturated rings. The SMILES string of the molecule is CC[C@H](C(=O)N[C@@H](C)CC)N(CCc1ccccc1)C(=O)CN(c1ccc(C)cc1)S(=O)(=O)c1ccccc1. The number of hydrogen-bond acceptors (Lipinski definition) is 4. The topological polar surface area (TPSA) is 86.8 Å². The van der Waals surface area contributed by atoms with Crippen molar-refractivity contribution in [1.82, 2.24) is 10.2 Å². The first-order valence-electron chi connectivity index (χ1n) is 13.5. The van der Waals surface area contributed by atoms with Crippen molar-refractivity contribution in [2.75, 3.05) is 17.4 Å². The summed E-state index contributed by atoms with van der Waals surface area (Å²) in [6.45, 7) is 7.54. The number of anilines is 1. The van der Waals surface area contributed by atoms with Gasteiger partial charge in [0.05, 0.1) is 10.6 Å². The predicted molar refractivity (Wildman–Crippen MR) is 156 cm³/mol. The minimum absolute atomic E-state index is 0.0415. The van der Waals surface area contributed by atoms with Crippen molar-refractivity contribution in [2.45, 2.75) is 63.9 Å². The molecule has 3 rings (SSSR count). The van der Waals surface area contributed by atoms with Gasteiger partial charge in [-0.3, -0.25) is 13.9 Å². The summed E-state index contributed by atoms with van der Waals surface area (Å²) in [5.41, 5.74) is 2.39.